The lowest BCUT2D eigenvalue weighted by atomic mass is 10.1. The van der Waals surface area contributed by atoms with Gasteiger partial charge in [-0.3, -0.25) is 0 Å². The van der Waals surface area contributed by atoms with E-state index in [1.165, 1.54) is 25.7 Å². The van der Waals surface area contributed by atoms with Crippen molar-refractivity contribution in [2.24, 2.45) is 5.92 Å². The Bertz CT molecular complexity index is 183. The zero-order valence-corrected chi connectivity index (χ0v) is 8.50. The van der Waals surface area contributed by atoms with Gasteiger partial charge in [0.2, 0.25) is 0 Å². The van der Waals surface area contributed by atoms with Crippen LogP contribution in [0, 0.1) is 5.92 Å². The molecule has 1 saturated carbocycles. The molecule has 1 nitrogen and oxygen atoms in total. The van der Waals surface area contributed by atoms with E-state index in [0.717, 1.165) is 6.42 Å². The summed E-state index contributed by atoms with van der Waals surface area (Å²) in [5.74, 6) is 0.503. The Morgan fingerprint density at radius 3 is 2.69 bits per heavy atom. The average molecular weight is 180 g/mol. The monoisotopic (exact) mass is 180 g/mol. The Balaban J connectivity index is 2.26. The molecule has 1 heteroatoms. The summed E-state index contributed by atoms with van der Waals surface area (Å²) in [4.78, 5) is 0. The molecule has 1 rings (SSSR count). The fraction of sp³-hybridized carbons (Fsp3) is 0.667. The first-order chi connectivity index (χ1) is 6.33. The molecule has 0 aromatic carbocycles. The maximum Gasteiger partial charge on any atom is 0.0436 e. The zero-order valence-electron chi connectivity index (χ0n) is 8.50. The van der Waals surface area contributed by atoms with Gasteiger partial charge in [-0.1, -0.05) is 30.7 Å². The van der Waals surface area contributed by atoms with Crippen LogP contribution in [-0.4, -0.2) is 11.7 Å². The van der Waals surface area contributed by atoms with Gasteiger partial charge in [-0.25, -0.2) is 0 Å². The molecule has 0 radical (unpaired) electrons. The summed E-state index contributed by atoms with van der Waals surface area (Å²) in [6.45, 7) is 2.43. The SMILES string of the molecule is CC(/C=C/C=C1CCCC1)CCO. The van der Waals surface area contributed by atoms with Gasteiger partial charge < -0.3 is 5.11 Å². The first-order valence-corrected chi connectivity index (χ1v) is 5.30. The lowest BCUT2D eigenvalue weighted by molar-refractivity contribution is 0.274. The van der Waals surface area contributed by atoms with Crippen molar-refractivity contribution in [3.8, 4) is 0 Å². The van der Waals surface area contributed by atoms with E-state index in [2.05, 4.69) is 25.2 Å². The molecular formula is C12H20O. The van der Waals surface area contributed by atoms with E-state index >= 15 is 0 Å². The Labute approximate surface area is 81.2 Å². The second kappa shape index (κ2) is 5.98. The normalized spacial score (nSPS) is 19.7. The summed E-state index contributed by atoms with van der Waals surface area (Å²) in [6, 6.07) is 0. The minimum Gasteiger partial charge on any atom is -0.396 e. The van der Waals surface area contributed by atoms with Crippen LogP contribution in [-0.2, 0) is 0 Å². The summed E-state index contributed by atoms with van der Waals surface area (Å²) in [6.07, 6.45) is 12.8. The van der Waals surface area contributed by atoms with Crippen molar-refractivity contribution in [2.75, 3.05) is 6.61 Å². The van der Waals surface area contributed by atoms with Crippen LogP contribution in [0.15, 0.2) is 23.8 Å². The van der Waals surface area contributed by atoms with Crippen LogP contribution >= 0.6 is 0 Å². The first kappa shape index (κ1) is 10.5. The second-order valence-electron chi connectivity index (χ2n) is 3.91. The number of hydrogen-bond donors (Lipinski definition) is 1. The van der Waals surface area contributed by atoms with E-state index in [4.69, 9.17) is 5.11 Å². The third kappa shape index (κ3) is 4.28. The molecule has 0 heterocycles. The molecule has 1 unspecified atom stereocenters. The minimum atomic E-state index is 0.294. The Morgan fingerprint density at radius 2 is 2.08 bits per heavy atom. The molecule has 1 aliphatic rings. The first-order valence-electron chi connectivity index (χ1n) is 5.30. The maximum atomic E-state index is 8.70. The smallest absolute Gasteiger partial charge is 0.0436 e. The summed E-state index contributed by atoms with van der Waals surface area (Å²) < 4.78 is 0. The van der Waals surface area contributed by atoms with Crippen molar-refractivity contribution in [1.29, 1.82) is 0 Å². The molecule has 13 heavy (non-hydrogen) atoms. The highest BCUT2D eigenvalue weighted by Crippen LogP contribution is 2.23. The van der Waals surface area contributed by atoms with Crippen LogP contribution in [0.25, 0.3) is 0 Å². The van der Waals surface area contributed by atoms with Gasteiger partial charge in [-0.15, -0.1) is 0 Å². The second-order valence-corrected chi connectivity index (χ2v) is 3.91. The van der Waals surface area contributed by atoms with Crippen molar-refractivity contribution >= 4 is 0 Å². The predicted molar refractivity (Wildman–Crippen MR) is 56.6 cm³/mol. The molecule has 1 atom stereocenters. The van der Waals surface area contributed by atoms with Gasteiger partial charge in [0.25, 0.3) is 0 Å². The maximum absolute atomic E-state index is 8.70. The van der Waals surface area contributed by atoms with Crippen LogP contribution in [0.2, 0.25) is 0 Å². The Hall–Kier alpha value is -0.560. The highest BCUT2D eigenvalue weighted by Gasteiger charge is 2.04. The topological polar surface area (TPSA) is 20.2 Å². The predicted octanol–water partition coefficient (Wildman–Crippen LogP) is 3.06. The molecule has 0 aromatic rings. The van der Waals surface area contributed by atoms with Crippen LogP contribution in [0.5, 0.6) is 0 Å². The van der Waals surface area contributed by atoms with Gasteiger partial charge in [0.15, 0.2) is 0 Å². The molecule has 0 spiro atoms. The number of aliphatic hydroxyl groups excluding tert-OH is 1. The third-order valence-electron chi connectivity index (χ3n) is 2.60. The molecule has 0 amide bonds. The van der Waals surface area contributed by atoms with E-state index in [1.54, 1.807) is 5.57 Å². The van der Waals surface area contributed by atoms with Gasteiger partial charge in [0, 0.05) is 6.61 Å². The van der Waals surface area contributed by atoms with Gasteiger partial charge in [-0.05, 0) is 38.0 Å². The quantitative estimate of drug-likeness (QED) is 0.705. The number of aliphatic hydroxyl groups is 1. The lowest BCUT2D eigenvalue weighted by Crippen LogP contribution is -1.92. The standard InChI is InChI=1S/C12H20O/c1-11(9-10-13)5-4-8-12-6-2-3-7-12/h4-5,8,11,13H,2-3,6-7,9-10H2,1H3/b5-4+. The molecular weight excluding hydrogens is 160 g/mol. The highest BCUT2D eigenvalue weighted by atomic mass is 16.2. The summed E-state index contributed by atoms with van der Waals surface area (Å²) in [7, 11) is 0. The average Bonchev–Trinajstić information content (AvgIpc) is 2.57. The van der Waals surface area contributed by atoms with E-state index in [0.29, 0.717) is 12.5 Å². The van der Waals surface area contributed by atoms with Crippen molar-refractivity contribution in [2.45, 2.75) is 39.0 Å². The highest BCUT2D eigenvalue weighted by molar-refractivity contribution is 5.15. The third-order valence-corrected chi connectivity index (χ3v) is 2.60. The number of rotatable bonds is 4. The van der Waals surface area contributed by atoms with E-state index in [1.807, 2.05) is 0 Å². The lowest BCUT2D eigenvalue weighted by Gasteiger charge is -2.00. The van der Waals surface area contributed by atoms with Crippen molar-refractivity contribution in [3.05, 3.63) is 23.8 Å². The fourth-order valence-corrected chi connectivity index (χ4v) is 1.68. The molecule has 1 aliphatic carbocycles. The van der Waals surface area contributed by atoms with Gasteiger partial charge >= 0.3 is 0 Å². The number of allylic oxidation sites excluding steroid dienone is 4. The Morgan fingerprint density at radius 1 is 1.38 bits per heavy atom. The molecule has 0 aromatic heterocycles. The van der Waals surface area contributed by atoms with Gasteiger partial charge in [0.05, 0.1) is 0 Å². The van der Waals surface area contributed by atoms with Gasteiger partial charge in [0.1, 0.15) is 0 Å². The van der Waals surface area contributed by atoms with Crippen LogP contribution in [0.3, 0.4) is 0 Å². The summed E-state index contributed by atoms with van der Waals surface area (Å²) >= 11 is 0. The molecule has 0 saturated heterocycles. The van der Waals surface area contributed by atoms with E-state index in [-0.39, 0.29) is 0 Å². The van der Waals surface area contributed by atoms with Crippen molar-refractivity contribution in [1.82, 2.24) is 0 Å². The summed E-state index contributed by atoms with van der Waals surface area (Å²) in [5.41, 5.74) is 1.59. The van der Waals surface area contributed by atoms with E-state index < -0.39 is 0 Å². The Kier molecular flexibility index (Phi) is 4.84. The van der Waals surface area contributed by atoms with Gasteiger partial charge in [-0.2, -0.15) is 0 Å². The number of hydrogen-bond acceptors (Lipinski definition) is 1. The van der Waals surface area contributed by atoms with E-state index in [9.17, 15) is 0 Å². The largest absolute Gasteiger partial charge is 0.396 e. The molecule has 0 aliphatic heterocycles. The molecule has 0 bridgehead atoms. The molecule has 1 N–H and O–H groups in total. The summed E-state index contributed by atoms with van der Waals surface area (Å²) in [5, 5.41) is 8.70. The minimum absolute atomic E-state index is 0.294. The zero-order chi connectivity index (χ0) is 9.52. The van der Waals surface area contributed by atoms with Crippen molar-refractivity contribution < 1.29 is 5.11 Å². The molecule has 74 valence electrons. The van der Waals surface area contributed by atoms with Crippen molar-refractivity contribution in [3.63, 3.8) is 0 Å². The van der Waals surface area contributed by atoms with Crippen LogP contribution < -0.4 is 0 Å². The van der Waals surface area contributed by atoms with Crippen LogP contribution in [0.4, 0.5) is 0 Å². The molecule has 1 fully saturated rings. The fourth-order valence-electron chi connectivity index (χ4n) is 1.68. The van der Waals surface area contributed by atoms with Crippen LogP contribution in [0.1, 0.15) is 39.0 Å².